The Balaban J connectivity index is 4.05. The Morgan fingerprint density at radius 3 is 0.905 bits per heavy atom. The van der Waals surface area contributed by atoms with Gasteiger partial charge in [-0.05, 0) is 0 Å². The van der Waals surface area contributed by atoms with Crippen LogP contribution >= 0.6 is 0 Å². The molecule has 21 heavy (non-hydrogen) atoms. The molecule has 0 saturated carbocycles. The van der Waals surface area contributed by atoms with Crippen LogP contribution in [0.5, 0.6) is 0 Å². The molecule has 0 radical (unpaired) electrons. The molecule has 0 amide bonds. The average Bonchev–Trinajstić information content (AvgIpc) is 2.17. The van der Waals surface area contributed by atoms with E-state index >= 15 is 0 Å². The topological polar surface area (TPSA) is 0 Å². The van der Waals surface area contributed by atoms with Gasteiger partial charge in [-0.3, -0.25) is 0 Å². The van der Waals surface area contributed by atoms with Crippen LogP contribution in [0.4, 0.5) is 52.7 Å². The van der Waals surface area contributed by atoms with Gasteiger partial charge in [-0.2, -0.15) is 39.5 Å². The predicted molar refractivity (Wildman–Crippen MR) is 41.3 cm³/mol. The Labute approximate surface area is 107 Å². The van der Waals surface area contributed by atoms with E-state index in [2.05, 4.69) is 0 Å². The Morgan fingerprint density at radius 1 is 0.381 bits per heavy atom. The molecular formula is C9F12. The van der Waals surface area contributed by atoms with E-state index < -0.39 is 52.7 Å². The molecule has 120 valence electrons. The zero-order valence-corrected chi connectivity index (χ0v) is 9.04. The molecule has 1 aromatic carbocycles. The summed E-state index contributed by atoms with van der Waals surface area (Å²) in [5.41, 5.74) is -10.4. The first-order valence-corrected chi connectivity index (χ1v) is 4.52. The van der Waals surface area contributed by atoms with E-state index in [1.807, 2.05) is 0 Å². The van der Waals surface area contributed by atoms with Crippen LogP contribution in [0.25, 0.3) is 0 Å². The predicted octanol–water partition coefficient (Wildman–Crippen LogP) is 5.16. The van der Waals surface area contributed by atoms with Crippen molar-refractivity contribution in [3.8, 4) is 0 Å². The molecule has 0 spiro atoms. The van der Waals surface area contributed by atoms with Gasteiger partial charge in [0, 0.05) is 0 Å². The van der Waals surface area contributed by atoms with Gasteiger partial charge >= 0.3 is 18.5 Å². The van der Waals surface area contributed by atoms with Gasteiger partial charge in [0.1, 0.15) is 16.7 Å². The molecule has 1 aromatic rings. The highest BCUT2D eigenvalue weighted by Crippen LogP contribution is 2.47. The summed E-state index contributed by atoms with van der Waals surface area (Å²) in [6.45, 7) is 0. The van der Waals surface area contributed by atoms with Crippen molar-refractivity contribution >= 4 is 0 Å². The molecule has 0 atom stereocenters. The number of alkyl halides is 9. The third-order valence-electron chi connectivity index (χ3n) is 2.17. The molecular weight excluding hydrogens is 336 g/mol. The smallest absolute Gasteiger partial charge is 0.206 e. The Morgan fingerprint density at radius 2 is 0.619 bits per heavy atom. The summed E-state index contributed by atoms with van der Waals surface area (Å²) in [7, 11) is 0. The minimum absolute atomic E-state index is 3.39. The molecule has 0 nitrogen and oxygen atoms in total. The van der Waals surface area contributed by atoms with Crippen molar-refractivity contribution in [3.05, 3.63) is 34.1 Å². The van der Waals surface area contributed by atoms with Gasteiger partial charge in [-0.1, -0.05) is 0 Å². The van der Waals surface area contributed by atoms with Crippen LogP contribution in [0.2, 0.25) is 0 Å². The van der Waals surface area contributed by atoms with E-state index in [4.69, 9.17) is 0 Å². The van der Waals surface area contributed by atoms with Crippen molar-refractivity contribution in [2.45, 2.75) is 18.5 Å². The van der Waals surface area contributed by atoms with Crippen LogP contribution in [0, 0.1) is 17.5 Å². The zero-order valence-electron chi connectivity index (χ0n) is 9.04. The van der Waals surface area contributed by atoms with Crippen LogP contribution in [0.15, 0.2) is 0 Å². The van der Waals surface area contributed by atoms with E-state index in [-0.39, 0.29) is 0 Å². The van der Waals surface area contributed by atoms with Gasteiger partial charge < -0.3 is 0 Å². The van der Waals surface area contributed by atoms with E-state index in [9.17, 15) is 52.7 Å². The van der Waals surface area contributed by atoms with Crippen LogP contribution < -0.4 is 0 Å². The molecule has 0 unspecified atom stereocenters. The molecule has 0 aromatic heterocycles. The molecule has 0 aliphatic heterocycles. The van der Waals surface area contributed by atoms with Crippen LogP contribution in [-0.2, 0) is 18.5 Å². The SMILES string of the molecule is Fc1c(F)c(C(F)(F)F)c(C(F)(F)F)c(F)c1C(F)(F)F. The monoisotopic (exact) mass is 336 g/mol. The van der Waals surface area contributed by atoms with Crippen molar-refractivity contribution in [1.29, 1.82) is 0 Å². The second-order valence-corrected chi connectivity index (χ2v) is 3.56. The lowest BCUT2D eigenvalue weighted by Gasteiger charge is -2.20. The van der Waals surface area contributed by atoms with Gasteiger partial charge in [-0.15, -0.1) is 0 Å². The van der Waals surface area contributed by atoms with Crippen molar-refractivity contribution in [2.24, 2.45) is 0 Å². The maximum atomic E-state index is 13.1. The van der Waals surface area contributed by atoms with Crippen molar-refractivity contribution in [2.75, 3.05) is 0 Å². The van der Waals surface area contributed by atoms with E-state index in [1.165, 1.54) is 0 Å². The summed E-state index contributed by atoms with van der Waals surface area (Å²) in [4.78, 5) is 0. The molecule has 0 bridgehead atoms. The average molecular weight is 336 g/mol. The fourth-order valence-electron chi connectivity index (χ4n) is 1.44. The third-order valence-corrected chi connectivity index (χ3v) is 2.17. The van der Waals surface area contributed by atoms with Crippen LogP contribution in [0.3, 0.4) is 0 Å². The van der Waals surface area contributed by atoms with Gasteiger partial charge in [0.15, 0.2) is 17.5 Å². The molecule has 0 fully saturated rings. The molecule has 0 aliphatic rings. The molecule has 1 rings (SSSR count). The van der Waals surface area contributed by atoms with Gasteiger partial charge in [0.25, 0.3) is 0 Å². The van der Waals surface area contributed by atoms with Gasteiger partial charge in [-0.25, -0.2) is 13.2 Å². The van der Waals surface area contributed by atoms with Gasteiger partial charge in [0.05, 0.1) is 0 Å². The summed E-state index contributed by atoms with van der Waals surface area (Å²) < 4.78 is 149. The molecule has 0 aliphatic carbocycles. The molecule has 12 heteroatoms. The third kappa shape index (κ3) is 3.02. The van der Waals surface area contributed by atoms with E-state index in [0.717, 1.165) is 0 Å². The van der Waals surface area contributed by atoms with Crippen molar-refractivity contribution in [1.82, 2.24) is 0 Å². The Hall–Kier alpha value is -1.62. The highest BCUT2D eigenvalue weighted by molar-refractivity contribution is 5.41. The molecule has 0 saturated heterocycles. The lowest BCUT2D eigenvalue weighted by atomic mass is 9.99. The van der Waals surface area contributed by atoms with Crippen molar-refractivity contribution in [3.63, 3.8) is 0 Å². The molecule has 0 heterocycles. The normalized spacial score (nSPS) is 13.7. The largest absolute Gasteiger partial charge is 0.422 e. The highest BCUT2D eigenvalue weighted by atomic mass is 19.4. The van der Waals surface area contributed by atoms with E-state index in [0.29, 0.717) is 0 Å². The number of rotatable bonds is 0. The van der Waals surface area contributed by atoms with Crippen LogP contribution in [-0.4, -0.2) is 0 Å². The fourth-order valence-corrected chi connectivity index (χ4v) is 1.44. The quantitative estimate of drug-likeness (QED) is 0.453. The second-order valence-electron chi connectivity index (χ2n) is 3.56. The summed E-state index contributed by atoms with van der Waals surface area (Å²) >= 11 is 0. The summed E-state index contributed by atoms with van der Waals surface area (Å²) in [5.74, 6) is -10.5. The minimum atomic E-state index is -6.33. The molecule has 0 N–H and O–H groups in total. The lowest BCUT2D eigenvalue weighted by molar-refractivity contribution is -0.169. The maximum Gasteiger partial charge on any atom is 0.422 e. The Bertz CT molecular complexity index is 558. The second kappa shape index (κ2) is 4.70. The standard InChI is InChI=1S/C9F12/c10-4-1(7(13,14)15)2(8(16,17)18)5(11)6(12)3(4)9(19,20)21. The van der Waals surface area contributed by atoms with Gasteiger partial charge in [0.2, 0.25) is 0 Å². The lowest BCUT2D eigenvalue weighted by Crippen LogP contribution is -2.26. The first kappa shape index (κ1) is 17.4. The van der Waals surface area contributed by atoms with Crippen molar-refractivity contribution < 1.29 is 52.7 Å². The maximum absolute atomic E-state index is 13.1. The number of hydrogen-bond acceptors (Lipinski definition) is 0. The minimum Gasteiger partial charge on any atom is -0.206 e. The first-order valence-electron chi connectivity index (χ1n) is 4.52. The first-order chi connectivity index (χ1) is 9.10. The number of benzene rings is 1. The van der Waals surface area contributed by atoms with Crippen LogP contribution in [0.1, 0.15) is 16.7 Å². The summed E-state index contributed by atoms with van der Waals surface area (Å²) in [6.07, 6.45) is -18.8. The zero-order chi connectivity index (χ0) is 17.0. The summed E-state index contributed by atoms with van der Waals surface area (Å²) in [6, 6.07) is 0. The summed E-state index contributed by atoms with van der Waals surface area (Å²) in [5, 5.41) is 0. The highest BCUT2D eigenvalue weighted by Gasteiger charge is 2.53. The Kier molecular flexibility index (Phi) is 3.90. The number of halogens is 12. The van der Waals surface area contributed by atoms with E-state index in [1.54, 1.807) is 0 Å². The fraction of sp³-hybridized carbons (Fsp3) is 0.333. The number of hydrogen-bond donors (Lipinski definition) is 0.